The Morgan fingerprint density at radius 1 is 0.817 bits per heavy atom. The number of anilines is 2. The van der Waals surface area contributed by atoms with Crippen molar-refractivity contribution in [1.29, 1.82) is 0 Å². The second-order valence-electron chi connectivity index (χ2n) is 22.2. The average molecular weight is 1150 g/mol. The molecular weight excluding hydrogens is 1080 g/mol. The van der Waals surface area contributed by atoms with E-state index in [1.807, 2.05) is 24.3 Å². The predicted molar refractivity (Wildman–Crippen MR) is 318 cm³/mol. The highest BCUT2D eigenvalue weighted by Gasteiger charge is 2.44. The summed E-state index contributed by atoms with van der Waals surface area (Å²) >= 11 is 0. The molecule has 4 aromatic carbocycles. The quantitative estimate of drug-likeness (QED) is 0.0179. The molecule has 8 N–H and O–H groups in total. The Bertz CT molecular complexity index is 3870. The molecule has 0 radical (unpaired) electrons. The van der Waals surface area contributed by atoms with Crippen molar-refractivity contribution >= 4 is 66.2 Å². The maximum atomic E-state index is 13.5. The molecule has 18 nitrogen and oxygen atoms in total. The van der Waals surface area contributed by atoms with Gasteiger partial charge in [-0.1, -0.05) is 80.6 Å². The molecule has 2 aliphatic heterocycles. The number of allylic oxidation sites excluding steroid dienone is 7. The van der Waals surface area contributed by atoms with Gasteiger partial charge >= 0.3 is 5.97 Å². The predicted octanol–water partition coefficient (Wildman–Crippen LogP) is 9.44. The zero-order chi connectivity index (χ0) is 58.6. The van der Waals surface area contributed by atoms with Gasteiger partial charge in [0.2, 0.25) is 11.6 Å². The van der Waals surface area contributed by atoms with Crippen molar-refractivity contribution < 1.29 is 49.9 Å². The number of unbranched alkanes of at least 4 members (excludes halogenated alkanes) is 2. The molecule has 1 unspecified atom stereocenters. The summed E-state index contributed by atoms with van der Waals surface area (Å²) in [7, 11) is -8.22. The van der Waals surface area contributed by atoms with Gasteiger partial charge in [0.25, 0.3) is 31.7 Å². The van der Waals surface area contributed by atoms with E-state index in [1.165, 1.54) is 0 Å². The van der Waals surface area contributed by atoms with Gasteiger partial charge in [0.15, 0.2) is 5.71 Å². The fourth-order valence-electron chi connectivity index (χ4n) is 11.5. The summed E-state index contributed by atoms with van der Waals surface area (Å²) in [6, 6.07) is 29.1. The fraction of sp³-hybridized carbons (Fsp3) is 0.339. The van der Waals surface area contributed by atoms with Crippen LogP contribution in [0.4, 0.5) is 17.3 Å². The van der Waals surface area contributed by atoms with Crippen molar-refractivity contribution in [2.75, 3.05) is 35.2 Å². The summed E-state index contributed by atoms with van der Waals surface area (Å²) < 4.78 is 74.6. The maximum Gasteiger partial charge on any atom is 0.326 e. The molecule has 0 fully saturated rings. The normalized spacial score (nSPS) is 17.3. The number of amides is 1. The number of carboxylic acid groups (broad SMARTS) is 1. The third-order valence-corrected chi connectivity index (χ3v) is 17.4. The number of benzene rings is 4. The van der Waals surface area contributed by atoms with Gasteiger partial charge in [-0.3, -0.25) is 23.7 Å². The summed E-state index contributed by atoms with van der Waals surface area (Å²) in [6.45, 7) is 9.73. The van der Waals surface area contributed by atoms with Crippen LogP contribution < -0.4 is 26.2 Å². The first-order valence-corrected chi connectivity index (χ1v) is 30.8. The van der Waals surface area contributed by atoms with E-state index in [1.54, 1.807) is 54.7 Å². The number of fused-ring (bicyclic) bond motifs is 3. The molecule has 0 saturated carbocycles. The number of carbonyl (C=O) groups is 2. The summed E-state index contributed by atoms with van der Waals surface area (Å²) in [6.07, 6.45) is 15.1. The molecule has 20 heteroatoms. The number of H-pyrrole nitrogens is 2. The molecule has 1 atom stereocenters. The number of aryl methyl sites for hydroxylation is 2. The van der Waals surface area contributed by atoms with E-state index in [2.05, 4.69) is 106 Å². The monoisotopic (exact) mass is 1150 g/mol. The van der Waals surface area contributed by atoms with Crippen molar-refractivity contribution in [1.82, 2.24) is 20.3 Å². The molecule has 82 heavy (non-hydrogen) atoms. The van der Waals surface area contributed by atoms with Crippen LogP contribution in [0.25, 0.3) is 11.0 Å². The topological polar surface area (TPSA) is 278 Å². The third-order valence-electron chi connectivity index (χ3n) is 15.8. The number of nitrogen functional groups attached to an aromatic ring is 1. The van der Waals surface area contributed by atoms with E-state index in [0.29, 0.717) is 98.1 Å². The molecule has 0 saturated heterocycles. The zero-order valence-corrected chi connectivity index (χ0v) is 48.1. The van der Waals surface area contributed by atoms with Crippen molar-refractivity contribution in [3.05, 3.63) is 194 Å². The van der Waals surface area contributed by atoms with Crippen LogP contribution in [-0.2, 0) is 55.1 Å². The van der Waals surface area contributed by atoms with Crippen LogP contribution in [0.2, 0.25) is 0 Å². The summed E-state index contributed by atoms with van der Waals surface area (Å²) in [5.41, 5.74) is 15.8. The van der Waals surface area contributed by atoms with Gasteiger partial charge in [-0.05, 0) is 141 Å². The first kappa shape index (κ1) is 58.7. The second kappa shape index (κ2) is 24.3. The number of aromatic amines is 2. The van der Waals surface area contributed by atoms with Crippen molar-refractivity contribution in [3.8, 4) is 5.75 Å². The van der Waals surface area contributed by atoms with Crippen LogP contribution in [0.15, 0.2) is 155 Å². The van der Waals surface area contributed by atoms with Crippen LogP contribution in [0.5, 0.6) is 5.75 Å². The Hall–Kier alpha value is -7.91. The lowest BCUT2D eigenvalue weighted by Crippen LogP contribution is -2.42. The number of aromatic nitrogens is 3. The van der Waals surface area contributed by atoms with Gasteiger partial charge in [0.1, 0.15) is 29.7 Å². The van der Waals surface area contributed by atoms with Gasteiger partial charge in [-0.25, -0.2) is 4.79 Å². The lowest BCUT2D eigenvalue weighted by molar-refractivity contribution is -0.438. The standard InChI is InChI=1S/C62H69N7O11S2/c1-61(2)47-16-5-7-18-50(47)68(34-9-11-36-81(74,75)76)52(61)32-28-42-14-13-15-43(29-33-53-62(3,4)48-17-6-8-19-51(48)69(53)35-10-12-37-82(77,78)79)55(42)80-46-30-23-41(24-31-46)38-49(59(72)73)65-57(70)44-25-20-40(21-26-44)22-27-45-39-64-56-54(45)58(71)67-60(63)66-56/h5-8,16-21,23-26,28-33,39,49H,9-15,22,27,34-38H2,1-4H3,(H7-,63,64,65,66,67,70,71,72,73,74,75,76,77,78,79)/p+1. The highest BCUT2D eigenvalue weighted by atomic mass is 32.2. The number of ether oxygens (including phenoxy) is 1. The molecule has 1 amide bonds. The molecule has 1 aliphatic carbocycles. The lowest BCUT2D eigenvalue weighted by atomic mass is 9.81. The van der Waals surface area contributed by atoms with Crippen molar-refractivity contribution in [2.24, 2.45) is 0 Å². The number of nitrogens with two attached hydrogens (primary N) is 1. The van der Waals surface area contributed by atoms with Gasteiger partial charge in [-0.2, -0.15) is 26.4 Å². The highest BCUT2D eigenvalue weighted by molar-refractivity contribution is 7.86. The Balaban J connectivity index is 0.980. The number of rotatable bonds is 23. The van der Waals surface area contributed by atoms with E-state index < -0.39 is 49.0 Å². The van der Waals surface area contributed by atoms with Crippen LogP contribution in [0.1, 0.15) is 111 Å². The molecule has 2 aromatic heterocycles. The molecule has 0 spiro atoms. The van der Waals surface area contributed by atoms with E-state index in [0.717, 1.165) is 62.6 Å². The molecule has 430 valence electrons. The van der Waals surface area contributed by atoms with Gasteiger partial charge in [0.05, 0.1) is 22.3 Å². The van der Waals surface area contributed by atoms with Crippen LogP contribution >= 0.6 is 0 Å². The summed E-state index contributed by atoms with van der Waals surface area (Å²) in [5.74, 6) is -1.20. The number of para-hydroxylation sites is 2. The van der Waals surface area contributed by atoms with E-state index in [-0.39, 0.29) is 29.4 Å². The molecule has 9 rings (SSSR count). The van der Waals surface area contributed by atoms with Crippen LogP contribution in [-0.4, -0.2) is 98.8 Å². The number of carbonyl (C=O) groups excluding carboxylic acids is 1. The third kappa shape index (κ3) is 13.5. The largest absolute Gasteiger partial charge is 0.480 e. The Kier molecular flexibility index (Phi) is 17.4. The van der Waals surface area contributed by atoms with Gasteiger partial charge in [0, 0.05) is 65.7 Å². The zero-order valence-electron chi connectivity index (χ0n) is 46.4. The van der Waals surface area contributed by atoms with Crippen molar-refractivity contribution in [2.45, 2.75) is 109 Å². The Labute approximate surface area is 477 Å². The molecule has 3 aliphatic rings. The molecule has 4 heterocycles. The highest BCUT2D eigenvalue weighted by Crippen LogP contribution is 2.48. The van der Waals surface area contributed by atoms with E-state index in [9.17, 15) is 45.4 Å². The SMILES string of the molecule is CC1(C)C(/C=C/C2=C(Oc3ccc(CC(NC(=O)c4ccc(CCc5c[nH]c6nc(N)[nH]c(=O)c56)cc4)C(=O)O)cc3)C(=C/C=C3/N(CCCCS(=O)(=O)O)c4ccccc4C3(C)C)/CCC2)=[N+](CCCCS(=O)(=O)O)c2ccccc21. The van der Waals surface area contributed by atoms with E-state index in [4.69, 9.17) is 10.5 Å². The smallest absolute Gasteiger partial charge is 0.326 e. The first-order chi connectivity index (χ1) is 39.0. The minimum absolute atomic E-state index is 0.00725. The second-order valence-corrected chi connectivity index (χ2v) is 25.4. The number of aliphatic carboxylic acids is 1. The fourth-order valence-corrected chi connectivity index (χ4v) is 12.6. The molecule has 6 aromatic rings. The maximum absolute atomic E-state index is 13.5. The summed E-state index contributed by atoms with van der Waals surface area (Å²) in [4.78, 5) is 50.6. The van der Waals surface area contributed by atoms with E-state index >= 15 is 0 Å². The minimum Gasteiger partial charge on any atom is -0.480 e. The Morgan fingerprint density at radius 3 is 2.20 bits per heavy atom. The first-order valence-electron chi connectivity index (χ1n) is 27.6. The number of hydrogen-bond donors (Lipinski definition) is 7. The van der Waals surface area contributed by atoms with Gasteiger partial charge in [-0.15, -0.1) is 0 Å². The average Bonchev–Trinajstić information content (AvgIpc) is 2.58. The van der Waals surface area contributed by atoms with Gasteiger partial charge < -0.3 is 30.8 Å². The number of nitrogens with zero attached hydrogens (tertiary/aromatic N) is 3. The van der Waals surface area contributed by atoms with Crippen LogP contribution in [0, 0.1) is 0 Å². The molecule has 0 bridgehead atoms. The Morgan fingerprint density at radius 2 is 1.49 bits per heavy atom. The number of carboxylic acids is 1. The molecular formula is C62H70N7O11S2+. The number of hydrogen-bond acceptors (Lipinski definition) is 11. The minimum atomic E-state index is -4.11. The van der Waals surface area contributed by atoms with Crippen molar-refractivity contribution in [3.63, 3.8) is 0 Å². The lowest BCUT2D eigenvalue weighted by Gasteiger charge is -2.27. The summed E-state index contributed by atoms with van der Waals surface area (Å²) in [5, 5.41) is 13.5. The number of nitrogens with one attached hydrogen (secondary N) is 3. The van der Waals surface area contributed by atoms with Crippen LogP contribution in [0.3, 0.4) is 0 Å².